The van der Waals surface area contributed by atoms with Gasteiger partial charge in [0.05, 0.1) is 14.2 Å². The maximum atomic E-state index is 12.8. The van der Waals surface area contributed by atoms with Crippen molar-refractivity contribution in [2.45, 2.75) is 12.8 Å². The summed E-state index contributed by atoms with van der Waals surface area (Å²) in [5.74, 6) is 3.77. The maximum absolute atomic E-state index is 12.8. The zero-order valence-corrected chi connectivity index (χ0v) is 15.7. The Morgan fingerprint density at radius 1 is 1.04 bits per heavy atom. The Labute approximate surface area is 155 Å². The molecule has 4 rings (SSSR count). The molecule has 1 saturated carbocycles. The lowest BCUT2D eigenvalue weighted by Crippen LogP contribution is -2.50. The van der Waals surface area contributed by atoms with Gasteiger partial charge in [-0.2, -0.15) is 0 Å². The van der Waals surface area contributed by atoms with Crippen LogP contribution in [-0.4, -0.2) is 62.7 Å². The summed E-state index contributed by atoms with van der Waals surface area (Å²) in [4.78, 5) is 17.3. The SMILES string of the molecule is COc1ccc(C(=O)N2CCN(CC3CC4C=CC3C4)CC2)cc1OC. The third-order valence-electron chi connectivity index (χ3n) is 6.20. The van der Waals surface area contributed by atoms with Gasteiger partial charge in [0.15, 0.2) is 11.5 Å². The molecule has 3 aliphatic rings. The fourth-order valence-electron chi connectivity index (χ4n) is 4.72. The molecule has 1 heterocycles. The monoisotopic (exact) mass is 356 g/mol. The van der Waals surface area contributed by atoms with Crippen molar-refractivity contribution in [2.24, 2.45) is 17.8 Å². The molecule has 2 fully saturated rings. The van der Waals surface area contributed by atoms with Crippen LogP contribution in [0.3, 0.4) is 0 Å². The van der Waals surface area contributed by atoms with Gasteiger partial charge in [0.25, 0.3) is 5.91 Å². The van der Waals surface area contributed by atoms with Crippen LogP contribution < -0.4 is 9.47 Å². The number of hydrogen-bond donors (Lipinski definition) is 0. The standard InChI is InChI=1S/C21H28N2O3/c1-25-19-6-5-17(13-20(19)26-2)21(24)23-9-7-22(8-10-23)14-18-12-15-3-4-16(18)11-15/h3-6,13,15-16,18H,7-12,14H2,1-2H3. The zero-order valence-electron chi connectivity index (χ0n) is 15.7. The van der Waals surface area contributed by atoms with Gasteiger partial charge in [-0.3, -0.25) is 9.69 Å². The fourth-order valence-corrected chi connectivity index (χ4v) is 4.72. The van der Waals surface area contributed by atoms with E-state index < -0.39 is 0 Å². The number of carbonyl (C=O) groups is 1. The van der Waals surface area contributed by atoms with Gasteiger partial charge >= 0.3 is 0 Å². The average Bonchev–Trinajstić information content (AvgIpc) is 3.30. The Hall–Kier alpha value is -2.01. The van der Waals surface area contributed by atoms with Crippen molar-refractivity contribution in [1.29, 1.82) is 0 Å². The van der Waals surface area contributed by atoms with E-state index >= 15 is 0 Å². The van der Waals surface area contributed by atoms with E-state index in [4.69, 9.17) is 9.47 Å². The molecule has 1 saturated heterocycles. The lowest BCUT2D eigenvalue weighted by Gasteiger charge is -2.37. The molecular weight excluding hydrogens is 328 g/mol. The van der Waals surface area contributed by atoms with Crippen molar-refractivity contribution in [3.05, 3.63) is 35.9 Å². The quantitative estimate of drug-likeness (QED) is 0.761. The predicted molar refractivity (Wildman–Crippen MR) is 101 cm³/mol. The van der Waals surface area contributed by atoms with Crippen molar-refractivity contribution in [1.82, 2.24) is 9.80 Å². The van der Waals surface area contributed by atoms with Gasteiger partial charge in [0, 0.05) is 38.3 Å². The van der Waals surface area contributed by atoms with Crippen LogP contribution >= 0.6 is 0 Å². The summed E-state index contributed by atoms with van der Waals surface area (Å²) in [6.07, 6.45) is 7.55. The Morgan fingerprint density at radius 3 is 2.42 bits per heavy atom. The van der Waals surface area contributed by atoms with Gasteiger partial charge in [-0.15, -0.1) is 0 Å². The van der Waals surface area contributed by atoms with E-state index in [0.29, 0.717) is 17.1 Å². The van der Waals surface area contributed by atoms with Crippen LogP contribution in [-0.2, 0) is 0 Å². The maximum Gasteiger partial charge on any atom is 0.254 e. The van der Waals surface area contributed by atoms with Gasteiger partial charge in [-0.1, -0.05) is 12.2 Å². The first-order chi connectivity index (χ1) is 12.7. The molecule has 0 spiro atoms. The van der Waals surface area contributed by atoms with Gasteiger partial charge < -0.3 is 14.4 Å². The van der Waals surface area contributed by atoms with Crippen molar-refractivity contribution >= 4 is 5.91 Å². The van der Waals surface area contributed by atoms with Crippen molar-refractivity contribution in [3.63, 3.8) is 0 Å². The molecule has 1 aliphatic heterocycles. The minimum absolute atomic E-state index is 0.0773. The molecule has 2 bridgehead atoms. The molecule has 1 aromatic rings. The number of fused-ring (bicyclic) bond motifs is 2. The number of rotatable bonds is 5. The van der Waals surface area contributed by atoms with Crippen LogP contribution in [0, 0.1) is 17.8 Å². The molecule has 0 aromatic heterocycles. The molecule has 140 valence electrons. The minimum atomic E-state index is 0.0773. The summed E-state index contributed by atoms with van der Waals surface area (Å²) in [5, 5.41) is 0. The molecule has 0 N–H and O–H groups in total. The predicted octanol–water partition coefficient (Wildman–Crippen LogP) is 2.67. The number of carbonyl (C=O) groups excluding carboxylic acids is 1. The molecule has 5 nitrogen and oxygen atoms in total. The number of benzene rings is 1. The number of piperazine rings is 1. The van der Waals surface area contributed by atoms with Gasteiger partial charge in [0.2, 0.25) is 0 Å². The van der Waals surface area contributed by atoms with Gasteiger partial charge in [0.1, 0.15) is 0 Å². The highest BCUT2D eigenvalue weighted by molar-refractivity contribution is 5.95. The highest BCUT2D eigenvalue weighted by Gasteiger charge is 2.36. The third-order valence-corrected chi connectivity index (χ3v) is 6.20. The van der Waals surface area contributed by atoms with Crippen molar-refractivity contribution < 1.29 is 14.3 Å². The topological polar surface area (TPSA) is 42.0 Å². The first-order valence-electron chi connectivity index (χ1n) is 9.60. The number of allylic oxidation sites excluding steroid dienone is 2. The smallest absolute Gasteiger partial charge is 0.254 e. The molecule has 26 heavy (non-hydrogen) atoms. The van der Waals surface area contributed by atoms with Gasteiger partial charge in [-0.05, 0) is 48.8 Å². The van der Waals surface area contributed by atoms with Crippen LogP contribution in [0.15, 0.2) is 30.4 Å². The number of hydrogen-bond acceptors (Lipinski definition) is 4. The number of nitrogens with zero attached hydrogens (tertiary/aromatic N) is 2. The summed E-state index contributed by atoms with van der Waals surface area (Å²) < 4.78 is 10.6. The Morgan fingerprint density at radius 2 is 1.81 bits per heavy atom. The molecule has 2 aliphatic carbocycles. The lowest BCUT2D eigenvalue weighted by molar-refractivity contribution is 0.0610. The van der Waals surface area contributed by atoms with Crippen LogP contribution in [0.25, 0.3) is 0 Å². The second kappa shape index (κ2) is 7.31. The van der Waals surface area contributed by atoms with E-state index in [1.807, 2.05) is 11.0 Å². The van der Waals surface area contributed by atoms with E-state index in [2.05, 4.69) is 17.1 Å². The van der Waals surface area contributed by atoms with E-state index in [0.717, 1.165) is 43.9 Å². The van der Waals surface area contributed by atoms with Crippen molar-refractivity contribution in [2.75, 3.05) is 46.9 Å². The Balaban J connectivity index is 1.33. The number of ether oxygens (including phenoxy) is 2. The Bertz CT molecular complexity index is 694. The first-order valence-corrected chi connectivity index (χ1v) is 9.60. The Kier molecular flexibility index (Phi) is 4.90. The van der Waals surface area contributed by atoms with E-state index in [1.165, 1.54) is 19.4 Å². The molecule has 1 aromatic carbocycles. The number of amides is 1. The summed E-state index contributed by atoms with van der Waals surface area (Å²) >= 11 is 0. The first kappa shape index (κ1) is 17.4. The second-order valence-electron chi connectivity index (χ2n) is 7.70. The summed E-state index contributed by atoms with van der Waals surface area (Å²) in [6.45, 7) is 4.71. The molecule has 3 unspecified atom stereocenters. The van der Waals surface area contributed by atoms with Crippen LogP contribution in [0.1, 0.15) is 23.2 Å². The van der Waals surface area contributed by atoms with Crippen LogP contribution in [0.4, 0.5) is 0 Å². The van der Waals surface area contributed by atoms with E-state index in [9.17, 15) is 4.79 Å². The second-order valence-corrected chi connectivity index (χ2v) is 7.70. The molecule has 0 radical (unpaired) electrons. The number of methoxy groups -OCH3 is 2. The van der Waals surface area contributed by atoms with Crippen molar-refractivity contribution in [3.8, 4) is 11.5 Å². The molecule has 5 heteroatoms. The summed E-state index contributed by atoms with van der Waals surface area (Å²) in [6, 6.07) is 5.39. The summed E-state index contributed by atoms with van der Waals surface area (Å²) in [7, 11) is 3.19. The molecule has 1 amide bonds. The highest BCUT2D eigenvalue weighted by atomic mass is 16.5. The molecular formula is C21H28N2O3. The van der Waals surface area contributed by atoms with Gasteiger partial charge in [-0.25, -0.2) is 0 Å². The van der Waals surface area contributed by atoms with E-state index in [1.54, 1.807) is 26.4 Å². The fraction of sp³-hybridized carbons (Fsp3) is 0.571. The van der Waals surface area contributed by atoms with Crippen LogP contribution in [0.2, 0.25) is 0 Å². The largest absolute Gasteiger partial charge is 0.493 e. The average molecular weight is 356 g/mol. The minimum Gasteiger partial charge on any atom is -0.493 e. The zero-order chi connectivity index (χ0) is 18.1. The normalized spacial score (nSPS) is 27.8. The van der Waals surface area contributed by atoms with E-state index in [-0.39, 0.29) is 5.91 Å². The highest BCUT2D eigenvalue weighted by Crippen LogP contribution is 2.43. The third kappa shape index (κ3) is 3.32. The summed E-state index contributed by atoms with van der Waals surface area (Å²) in [5.41, 5.74) is 0.661. The lowest BCUT2D eigenvalue weighted by atomic mass is 9.93. The molecule has 3 atom stereocenters. The van der Waals surface area contributed by atoms with Crippen LogP contribution in [0.5, 0.6) is 11.5 Å².